The van der Waals surface area contributed by atoms with Crippen LogP contribution in [0.15, 0.2) is 72.8 Å². The van der Waals surface area contributed by atoms with Gasteiger partial charge in [-0.15, -0.1) is 0 Å². The largest absolute Gasteiger partial charge is 0.495 e. The van der Waals surface area contributed by atoms with Crippen LogP contribution in [-0.4, -0.2) is 57.6 Å². The molecule has 8 nitrogen and oxygen atoms in total. The molecular weight excluding hydrogens is 573 g/mol. The Bertz CT molecular complexity index is 1420. The minimum absolute atomic E-state index is 0.0462. The maximum Gasteiger partial charge on any atom is 0.244 e. The lowest BCUT2D eigenvalue weighted by Gasteiger charge is -2.34. The molecule has 3 aromatic rings. The van der Waals surface area contributed by atoms with Crippen LogP contribution in [0.25, 0.3) is 0 Å². The minimum atomic E-state index is -3.92. The molecule has 214 valence electrons. The van der Waals surface area contributed by atoms with E-state index in [9.17, 15) is 18.0 Å². The molecule has 0 fully saturated rings. The number of nitrogens with zero attached hydrogens (tertiary/aromatic N) is 2. The summed E-state index contributed by atoms with van der Waals surface area (Å²) >= 11 is 12.6. The molecule has 1 N–H and O–H groups in total. The third kappa shape index (κ3) is 8.36. The van der Waals surface area contributed by atoms with Crippen LogP contribution in [-0.2, 0) is 32.6 Å². The fourth-order valence-corrected chi connectivity index (χ4v) is 5.51. The number of nitrogens with one attached hydrogen (secondary N) is 1. The van der Waals surface area contributed by atoms with E-state index in [1.54, 1.807) is 42.5 Å². The predicted octanol–water partition coefficient (Wildman–Crippen LogP) is 4.93. The minimum Gasteiger partial charge on any atom is -0.495 e. The summed E-state index contributed by atoms with van der Waals surface area (Å²) in [4.78, 5) is 29.0. The van der Waals surface area contributed by atoms with Gasteiger partial charge in [-0.1, -0.05) is 78.7 Å². The highest BCUT2D eigenvalue weighted by Gasteiger charge is 2.33. The van der Waals surface area contributed by atoms with Gasteiger partial charge in [0.25, 0.3) is 0 Å². The second-order valence-electron chi connectivity index (χ2n) is 9.20. The van der Waals surface area contributed by atoms with Crippen molar-refractivity contribution in [3.63, 3.8) is 0 Å². The topological polar surface area (TPSA) is 96.0 Å². The first kappa shape index (κ1) is 31.3. The lowest BCUT2D eigenvalue weighted by Crippen LogP contribution is -2.53. The van der Waals surface area contributed by atoms with Gasteiger partial charge in [0, 0.05) is 29.6 Å². The molecule has 0 radical (unpaired) electrons. The highest BCUT2D eigenvalue weighted by atomic mass is 35.5. The van der Waals surface area contributed by atoms with Crippen LogP contribution < -0.4 is 14.4 Å². The number of ether oxygens (including phenoxy) is 1. The Hall–Kier alpha value is -3.27. The number of para-hydroxylation sites is 2. The van der Waals surface area contributed by atoms with Crippen molar-refractivity contribution in [2.24, 2.45) is 0 Å². The van der Waals surface area contributed by atoms with Crippen LogP contribution in [0, 0.1) is 0 Å². The number of methoxy groups -OCH3 is 1. The zero-order chi connectivity index (χ0) is 29.3. The molecule has 0 saturated heterocycles. The van der Waals surface area contributed by atoms with Crippen molar-refractivity contribution in [1.29, 1.82) is 0 Å². The number of sulfonamides is 1. The van der Waals surface area contributed by atoms with E-state index in [0.29, 0.717) is 28.6 Å². The van der Waals surface area contributed by atoms with Crippen molar-refractivity contribution < 1.29 is 22.7 Å². The van der Waals surface area contributed by atoms with Gasteiger partial charge in [-0.2, -0.15) is 0 Å². The quantitative estimate of drug-likeness (QED) is 0.298. The zero-order valence-corrected chi connectivity index (χ0v) is 25.0. The van der Waals surface area contributed by atoms with E-state index in [2.05, 4.69) is 5.32 Å². The van der Waals surface area contributed by atoms with E-state index in [-0.39, 0.29) is 30.3 Å². The van der Waals surface area contributed by atoms with Crippen molar-refractivity contribution in [2.75, 3.05) is 30.8 Å². The van der Waals surface area contributed by atoms with E-state index in [1.807, 2.05) is 37.3 Å². The van der Waals surface area contributed by atoms with E-state index in [0.717, 1.165) is 16.1 Å². The molecule has 11 heteroatoms. The summed E-state index contributed by atoms with van der Waals surface area (Å²) in [5.41, 5.74) is 1.60. The number of halogens is 2. The Kier molecular flexibility index (Phi) is 11.2. The highest BCUT2D eigenvalue weighted by molar-refractivity contribution is 7.92. The van der Waals surface area contributed by atoms with Crippen LogP contribution in [0.5, 0.6) is 5.75 Å². The van der Waals surface area contributed by atoms with Gasteiger partial charge in [-0.05, 0) is 41.8 Å². The van der Waals surface area contributed by atoms with Crippen LogP contribution in [0.3, 0.4) is 0 Å². The van der Waals surface area contributed by atoms with Gasteiger partial charge in [-0.25, -0.2) is 8.42 Å². The SMILES string of the molecule is CCCNC(=O)[C@H](Cc1ccccc1)N(Cc1ccc(Cl)cc1Cl)C(=O)CN(c1ccccc1OC)S(C)(=O)=O. The van der Waals surface area contributed by atoms with Crippen LogP contribution >= 0.6 is 23.2 Å². The molecule has 0 heterocycles. The third-order valence-electron chi connectivity index (χ3n) is 6.21. The molecule has 0 unspecified atom stereocenters. The number of benzene rings is 3. The molecule has 0 aliphatic carbocycles. The number of anilines is 1. The van der Waals surface area contributed by atoms with Gasteiger partial charge in [0.15, 0.2) is 0 Å². The van der Waals surface area contributed by atoms with E-state index < -0.39 is 28.5 Å². The van der Waals surface area contributed by atoms with Gasteiger partial charge in [0.05, 0.1) is 19.1 Å². The standard InChI is InChI=1S/C29H33Cl2N3O5S/c1-4-16-32-29(36)26(17-21-10-6-5-7-11-21)33(19-22-14-15-23(30)18-24(22)31)28(35)20-34(40(3,37)38)25-12-8-9-13-27(25)39-2/h5-15,18,26H,4,16-17,19-20H2,1-3H3,(H,32,36)/t26-/m0/s1. The number of hydrogen-bond donors (Lipinski definition) is 1. The Balaban J connectivity index is 2.09. The van der Waals surface area contributed by atoms with Crippen LogP contribution in [0.2, 0.25) is 10.0 Å². The molecule has 40 heavy (non-hydrogen) atoms. The van der Waals surface area contributed by atoms with Crippen LogP contribution in [0.4, 0.5) is 5.69 Å². The highest BCUT2D eigenvalue weighted by Crippen LogP contribution is 2.30. The summed E-state index contributed by atoms with van der Waals surface area (Å²) in [6.45, 7) is 1.75. The predicted molar refractivity (Wildman–Crippen MR) is 159 cm³/mol. The summed E-state index contributed by atoms with van der Waals surface area (Å²) in [5, 5.41) is 3.64. The lowest BCUT2D eigenvalue weighted by atomic mass is 10.0. The molecule has 0 bridgehead atoms. The zero-order valence-electron chi connectivity index (χ0n) is 22.6. The summed E-state index contributed by atoms with van der Waals surface area (Å²) in [6.07, 6.45) is 1.93. The van der Waals surface area contributed by atoms with Crippen molar-refractivity contribution in [1.82, 2.24) is 10.2 Å². The molecule has 0 aromatic heterocycles. The summed E-state index contributed by atoms with van der Waals surface area (Å²) < 4.78 is 32.2. The maximum absolute atomic E-state index is 14.1. The summed E-state index contributed by atoms with van der Waals surface area (Å²) in [6, 6.07) is 19.8. The van der Waals surface area contributed by atoms with Gasteiger partial charge in [-0.3, -0.25) is 13.9 Å². The average Bonchev–Trinajstić information content (AvgIpc) is 2.93. The van der Waals surface area contributed by atoms with Crippen molar-refractivity contribution in [3.8, 4) is 5.75 Å². The molecule has 0 spiro atoms. The third-order valence-corrected chi connectivity index (χ3v) is 7.92. The van der Waals surface area contributed by atoms with Gasteiger partial charge in [0.1, 0.15) is 18.3 Å². The van der Waals surface area contributed by atoms with Gasteiger partial charge in [0.2, 0.25) is 21.8 Å². The molecular formula is C29H33Cl2N3O5S. The molecule has 3 rings (SSSR count). The van der Waals surface area contributed by atoms with Crippen molar-refractivity contribution >= 4 is 50.7 Å². The van der Waals surface area contributed by atoms with Gasteiger partial charge < -0.3 is 15.0 Å². The molecule has 0 aliphatic rings. The lowest BCUT2D eigenvalue weighted by molar-refractivity contribution is -0.140. The smallest absolute Gasteiger partial charge is 0.244 e. The number of amides is 2. The number of rotatable bonds is 13. The second-order valence-corrected chi connectivity index (χ2v) is 11.9. The molecule has 3 aromatic carbocycles. The maximum atomic E-state index is 14.1. The summed E-state index contributed by atoms with van der Waals surface area (Å²) in [7, 11) is -2.50. The van der Waals surface area contributed by atoms with Crippen molar-refractivity contribution in [3.05, 3.63) is 94.0 Å². The van der Waals surface area contributed by atoms with Crippen LogP contribution in [0.1, 0.15) is 24.5 Å². The number of carbonyl (C=O) groups is 2. The summed E-state index contributed by atoms with van der Waals surface area (Å²) in [5.74, 6) is -0.656. The molecule has 1 atom stereocenters. The fourth-order valence-electron chi connectivity index (χ4n) is 4.18. The second kappa shape index (κ2) is 14.4. The first-order valence-electron chi connectivity index (χ1n) is 12.7. The van der Waals surface area contributed by atoms with E-state index in [4.69, 9.17) is 27.9 Å². The number of hydrogen-bond acceptors (Lipinski definition) is 5. The first-order chi connectivity index (χ1) is 19.0. The van der Waals surface area contributed by atoms with E-state index >= 15 is 0 Å². The molecule has 2 amide bonds. The fraction of sp³-hybridized carbons (Fsp3) is 0.310. The Morgan fingerprint density at radius 2 is 1.68 bits per heavy atom. The molecule has 0 saturated carbocycles. The Morgan fingerprint density at radius 1 is 1.00 bits per heavy atom. The number of carbonyl (C=O) groups excluding carboxylic acids is 2. The molecule has 0 aliphatic heterocycles. The Morgan fingerprint density at radius 3 is 2.30 bits per heavy atom. The van der Waals surface area contributed by atoms with E-state index in [1.165, 1.54) is 12.0 Å². The average molecular weight is 607 g/mol. The van der Waals surface area contributed by atoms with Crippen molar-refractivity contribution in [2.45, 2.75) is 32.4 Å². The first-order valence-corrected chi connectivity index (χ1v) is 15.3. The van der Waals surface area contributed by atoms with Gasteiger partial charge >= 0.3 is 0 Å². The Labute approximate surface area is 245 Å². The monoisotopic (exact) mass is 605 g/mol. The normalized spacial score (nSPS) is 11.9.